The van der Waals surface area contributed by atoms with E-state index < -0.39 is 17.5 Å². The number of anilines is 3. The van der Waals surface area contributed by atoms with E-state index in [-0.39, 0.29) is 17.0 Å². The molecule has 0 aliphatic carbocycles. The van der Waals surface area contributed by atoms with E-state index in [9.17, 15) is 18.4 Å². The summed E-state index contributed by atoms with van der Waals surface area (Å²) in [6.07, 6.45) is 10.7. The number of aromatic amines is 1. The number of nitrogens with zero attached hydrogens (tertiary/aromatic N) is 4. The lowest BCUT2D eigenvalue weighted by Gasteiger charge is -2.11. The second-order valence-electron chi connectivity index (χ2n) is 9.98. The van der Waals surface area contributed by atoms with E-state index in [4.69, 9.17) is 4.74 Å². The highest BCUT2D eigenvalue weighted by molar-refractivity contribution is 6.05. The average Bonchev–Trinajstić information content (AvgIpc) is 3.46. The maximum absolute atomic E-state index is 15.0. The number of halogens is 2. The van der Waals surface area contributed by atoms with Gasteiger partial charge < -0.3 is 15.4 Å². The third kappa shape index (κ3) is 10.2. The number of rotatable bonds is 14. The van der Waals surface area contributed by atoms with Crippen molar-refractivity contribution in [2.24, 2.45) is 5.10 Å². The molecule has 3 N–H and O–H groups in total. The minimum Gasteiger partial charge on any atom is -0.453 e. The van der Waals surface area contributed by atoms with Gasteiger partial charge in [-0.2, -0.15) is 10.2 Å². The number of hydrazone groups is 1. The molecular weight excluding hydrogens is 580 g/mol. The van der Waals surface area contributed by atoms with Gasteiger partial charge in [-0.1, -0.05) is 46.5 Å². The van der Waals surface area contributed by atoms with Crippen LogP contribution in [0.15, 0.2) is 71.5 Å². The Morgan fingerprint density at radius 3 is 2.40 bits per heavy atom. The number of nitrogens with one attached hydrogen (secondary N) is 3. The van der Waals surface area contributed by atoms with Crippen LogP contribution in [0.5, 0.6) is 11.5 Å². The summed E-state index contributed by atoms with van der Waals surface area (Å²) in [7, 11) is 0. The number of unbranched alkanes of at least 4 members (excludes halogenated alkanes) is 3. The van der Waals surface area contributed by atoms with Crippen LogP contribution in [0, 0.1) is 11.6 Å². The van der Waals surface area contributed by atoms with E-state index in [1.165, 1.54) is 81.1 Å². The molecule has 4 rings (SSSR count). The highest BCUT2D eigenvalue weighted by atomic mass is 19.1. The molecule has 0 fully saturated rings. The van der Waals surface area contributed by atoms with E-state index in [0.717, 1.165) is 30.5 Å². The fourth-order valence-corrected chi connectivity index (χ4v) is 3.92. The summed E-state index contributed by atoms with van der Waals surface area (Å²) in [4.78, 5) is 28.1. The number of carbonyl (C=O) groups excluding carboxylic acids is 2. The van der Waals surface area contributed by atoms with Crippen molar-refractivity contribution in [1.82, 2.24) is 15.2 Å². The summed E-state index contributed by atoms with van der Waals surface area (Å²) >= 11 is 0. The van der Waals surface area contributed by atoms with Crippen molar-refractivity contribution in [3.05, 3.63) is 78.0 Å². The Kier molecular flexibility index (Phi) is 13.6. The van der Waals surface area contributed by atoms with Crippen molar-refractivity contribution >= 4 is 46.8 Å². The van der Waals surface area contributed by atoms with Gasteiger partial charge in [0, 0.05) is 42.3 Å². The van der Waals surface area contributed by atoms with Gasteiger partial charge >= 0.3 is 0 Å². The quantitative estimate of drug-likeness (QED) is 0.0432. The van der Waals surface area contributed by atoms with Crippen LogP contribution in [-0.4, -0.2) is 40.3 Å². The fourth-order valence-electron chi connectivity index (χ4n) is 3.92. The maximum atomic E-state index is 15.0. The van der Waals surface area contributed by atoms with Gasteiger partial charge in [-0.3, -0.25) is 14.7 Å². The topological polar surface area (TPSA) is 125 Å². The van der Waals surface area contributed by atoms with Crippen molar-refractivity contribution < 1.29 is 23.1 Å². The Balaban J connectivity index is 0.00000102. The SMILES string of the molecule is CCCCC.CCCCNc1n[nH]c2nccc(Oc3ccc(NC(=O)/C(C)=C/C=N\N(C=O)c4ccc(F)cc4)cc3F)c12. The summed E-state index contributed by atoms with van der Waals surface area (Å²) in [6.45, 7) is 8.76. The zero-order valence-corrected chi connectivity index (χ0v) is 25.9. The normalized spacial score (nSPS) is 11.2. The molecule has 0 unspecified atom stereocenters. The Bertz CT molecular complexity index is 1600. The van der Waals surface area contributed by atoms with Crippen LogP contribution in [0.4, 0.5) is 26.0 Å². The largest absolute Gasteiger partial charge is 0.453 e. The molecule has 2 heterocycles. The van der Waals surface area contributed by atoms with Crippen LogP contribution < -0.4 is 20.4 Å². The van der Waals surface area contributed by atoms with E-state index in [0.29, 0.717) is 34.7 Å². The first-order chi connectivity index (χ1) is 21.8. The molecule has 0 aliphatic rings. The highest BCUT2D eigenvalue weighted by Crippen LogP contribution is 2.34. The lowest BCUT2D eigenvalue weighted by Crippen LogP contribution is -2.14. The first-order valence-corrected chi connectivity index (χ1v) is 14.9. The van der Waals surface area contributed by atoms with Crippen LogP contribution in [0.1, 0.15) is 59.8 Å². The summed E-state index contributed by atoms with van der Waals surface area (Å²) in [5, 5.41) is 18.5. The fraction of sp³-hybridized carbons (Fsp3) is 0.303. The molecule has 0 spiro atoms. The Morgan fingerprint density at radius 2 is 1.76 bits per heavy atom. The van der Waals surface area contributed by atoms with Gasteiger partial charge in [0.05, 0.1) is 5.69 Å². The van der Waals surface area contributed by atoms with Gasteiger partial charge in [-0.05, 0) is 55.8 Å². The number of hydrogen-bond donors (Lipinski definition) is 3. The molecule has 10 nitrogen and oxygen atoms in total. The van der Waals surface area contributed by atoms with E-state index in [2.05, 4.69) is 51.7 Å². The van der Waals surface area contributed by atoms with Gasteiger partial charge in [-0.15, -0.1) is 0 Å². The predicted molar refractivity (Wildman–Crippen MR) is 175 cm³/mol. The number of fused-ring (bicyclic) bond motifs is 1. The molecular formula is C33H39F2N7O3. The Labute approximate surface area is 261 Å². The second kappa shape index (κ2) is 17.9. The number of pyridine rings is 1. The van der Waals surface area contributed by atoms with E-state index in [1.54, 1.807) is 6.07 Å². The van der Waals surface area contributed by atoms with E-state index >= 15 is 0 Å². The number of aromatic nitrogens is 3. The Morgan fingerprint density at radius 1 is 1.02 bits per heavy atom. The van der Waals surface area contributed by atoms with Crippen LogP contribution >= 0.6 is 0 Å². The van der Waals surface area contributed by atoms with Crippen LogP contribution in [0.3, 0.4) is 0 Å². The van der Waals surface area contributed by atoms with Crippen molar-refractivity contribution in [2.75, 3.05) is 22.2 Å². The molecule has 2 aromatic carbocycles. The van der Waals surface area contributed by atoms with E-state index in [1.807, 2.05) is 0 Å². The number of hydrogen-bond acceptors (Lipinski definition) is 7. The Hall–Kier alpha value is -5.13. The van der Waals surface area contributed by atoms with Gasteiger partial charge in [0.15, 0.2) is 23.0 Å². The molecule has 0 saturated heterocycles. The van der Waals surface area contributed by atoms with Gasteiger partial charge in [0.2, 0.25) is 6.41 Å². The smallest absolute Gasteiger partial charge is 0.251 e. The molecule has 12 heteroatoms. The van der Waals surface area contributed by atoms with Crippen molar-refractivity contribution in [3.8, 4) is 11.5 Å². The predicted octanol–water partition coefficient (Wildman–Crippen LogP) is 7.97. The molecule has 0 bridgehead atoms. The first kappa shape index (κ1) is 34.4. The average molecular weight is 620 g/mol. The number of allylic oxidation sites excluding steroid dienone is 1. The lowest BCUT2D eigenvalue weighted by molar-refractivity contribution is -0.112. The number of ether oxygens (including phenoxy) is 1. The molecule has 238 valence electrons. The molecule has 4 aromatic rings. The van der Waals surface area contributed by atoms with Gasteiger partial charge in [-0.25, -0.2) is 18.8 Å². The standard InChI is InChI=1S/C28H27F2N7O3.C5H12/c1-3-4-13-31-26-25-24(12-14-32-27(25)36-35-26)40-23-10-7-20(16-22(23)30)34-28(39)18(2)11-15-33-37(17-38)21-8-5-19(29)6-9-21;1-3-5-4-2/h5-12,14-17H,3-4,13H2,1-2H3,(H,34,39)(H2,31,32,35,36);3-5H2,1-2H3/b18-11+,33-15-;. The molecule has 2 aromatic heterocycles. The van der Waals surface area contributed by atoms with Crippen LogP contribution in [-0.2, 0) is 9.59 Å². The molecule has 0 atom stereocenters. The molecule has 0 aliphatic heterocycles. The third-order valence-electron chi connectivity index (χ3n) is 6.43. The molecule has 0 saturated carbocycles. The molecule has 45 heavy (non-hydrogen) atoms. The van der Waals surface area contributed by atoms with Crippen molar-refractivity contribution in [3.63, 3.8) is 0 Å². The summed E-state index contributed by atoms with van der Waals surface area (Å²) in [6, 6.07) is 10.9. The highest BCUT2D eigenvalue weighted by Gasteiger charge is 2.15. The van der Waals surface area contributed by atoms with Crippen molar-refractivity contribution in [2.45, 2.75) is 59.8 Å². The molecule has 2 amide bonds. The summed E-state index contributed by atoms with van der Waals surface area (Å²) < 4.78 is 33.9. The first-order valence-electron chi connectivity index (χ1n) is 14.9. The van der Waals surface area contributed by atoms with Gasteiger partial charge in [0.25, 0.3) is 5.91 Å². The molecule has 0 radical (unpaired) electrons. The number of H-pyrrole nitrogens is 1. The lowest BCUT2D eigenvalue weighted by atomic mass is 10.2. The van der Waals surface area contributed by atoms with Gasteiger partial charge in [0.1, 0.15) is 17.0 Å². The zero-order valence-electron chi connectivity index (χ0n) is 25.9. The minimum absolute atomic E-state index is 0.0413. The maximum Gasteiger partial charge on any atom is 0.251 e. The third-order valence-corrected chi connectivity index (χ3v) is 6.43. The summed E-state index contributed by atoms with van der Waals surface area (Å²) in [5.74, 6) is -0.738. The van der Waals surface area contributed by atoms with Crippen LogP contribution in [0.2, 0.25) is 0 Å². The van der Waals surface area contributed by atoms with Crippen LogP contribution in [0.25, 0.3) is 11.0 Å². The summed E-state index contributed by atoms with van der Waals surface area (Å²) in [5.41, 5.74) is 1.31. The number of carbonyl (C=O) groups is 2. The zero-order chi connectivity index (χ0) is 32.6. The number of amides is 2. The van der Waals surface area contributed by atoms with Crippen molar-refractivity contribution in [1.29, 1.82) is 0 Å². The minimum atomic E-state index is -0.684. The second-order valence-corrected chi connectivity index (χ2v) is 9.98. The monoisotopic (exact) mass is 619 g/mol. The number of benzene rings is 2.